The Morgan fingerprint density at radius 1 is 1.12 bits per heavy atom. The number of aryl methyl sites for hydroxylation is 1. The summed E-state index contributed by atoms with van der Waals surface area (Å²) in [5, 5.41) is 4.26. The van der Waals surface area contributed by atoms with Gasteiger partial charge in [-0.3, -0.25) is 0 Å². The Labute approximate surface area is 104 Å². The molecule has 2 nitrogen and oxygen atoms in total. The minimum absolute atomic E-state index is 0.575. The van der Waals surface area contributed by atoms with Crippen LogP contribution in [0.1, 0.15) is 43.2 Å². The predicted octanol–water partition coefficient (Wildman–Crippen LogP) is 3.93. The van der Waals surface area contributed by atoms with Crippen molar-refractivity contribution in [3.8, 4) is 0 Å². The van der Waals surface area contributed by atoms with E-state index in [4.69, 9.17) is 4.84 Å². The van der Waals surface area contributed by atoms with Crippen molar-refractivity contribution in [1.82, 2.24) is 0 Å². The van der Waals surface area contributed by atoms with Gasteiger partial charge in [0, 0.05) is 5.92 Å². The topological polar surface area (TPSA) is 21.6 Å². The second-order valence-electron chi connectivity index (χ2n) is 4.86. The van der Waals surface area contributed by atoms with Crippen molar-refractivity contribution >= 4 is 5.71 Å². The van der Waals surface area contributed by atoms with Gasteiger partial charge in [0.25, 0.3) is 0 Å². The monoisotopic (exact) mass is 231 g/mol. The van der Waals surface area contributed by atoms with Crippen molar-refractivity contribution in [2.75, 3.05) is 7.11 Å². The van der Waals surface area contributed by atoms with Crippen molar-refractivity contribution in [1.29, 1.82) is 0 Å². The van der Waals surface area contributed by atoms with E-state index in [0.717, 1.165) is 5.71 Å². The predicted molar refractivity (Wildman–Crippen MR) is 71.3 cm³/mol. The largest absolute Gasteiger partial charge is 0.399 e. The van der Waals surface area contributed by atoms with Gasteiger partial charge in [0.05, 0.1) is 5.71 Å². The van der Waals surface area contributed by atoms with Gasteiger partial charge >= 0.3 is 0 Å². The van der Waals surface area contributed by atoms with E-state index in [9.17, 15) is 0 Å². The van der Waals surface area contributed by atoms with Gasteiger partial charge in [-0.15, -0.1) is 0 Å². The van der Waals surface area contributed by atoms with E-state index in [1.165, 1.54) is 43.2 Å². The van der Waals surface area contributed by atoms with Crippen molar-refractivity contribution in [3.05, 3.63) is 35.4 Å². The SMILES string of the molecule is CO/N=C(\c1ccc(C)cc1)C1CCCCC1. The molecule has 1 aliphatic carbocycles. The summed E-state index contributed by atoms with van der Waals surface area (Å²) in [6.45, 7) is 2.11. The molecule has 92 valence electrons. The minimum atomic E-state index is 0.575. The van der Waals surface area contributed by atoms with Crippen LogP contribution in [0.15, 0.2) is 29.4 Å². The molecule has 0 aliphatic heterocycles. The molecule has 0 atom stereocenters. The molecule has 2 rings (SSSR count). The quantitative estimate of drug-likeness (QED) is 0.570. The molecule has 1 aromatic rings. The molecule has 17 heavy (non-hydrogen) atoms. The summed E-state index contributed by atoms with van der Waals surface area (Å²) in [7, 11) is 1.64. The Hall–Kier alpha value is -1.31. The minimum Gasteiger partial charge on any atom is -0.399 e. The average Bonchev–Trinajstić information content (AvgIpc) is 2.38. The van der Waals surface area contributed by atoms with Gasteiger partial charge in [0.2, 0.25) is 0 Å². The Bertz CT molecular complexity index is 374. The van der Waals surface area contributed by atoms with Crippen LogP contribution < -0.4 is 0 Å². The van der Waals surface area contributed by atoms with Gasteiger partial charge in [0.1, 0.15) is 7.11 Å². The number of benzene rings is 1. The Balaban J connectivity index is 2.22. The lowest BCUT2D eigenvalue weighted by molar-refractivity contribution is 0.210. The fourth-order valence-corrected chi connectivity index (χ4v) is 2.56. The van der Waals surface area contributed by atoms with Crippen molar-refractivity contribution in [2.24, 2.45) is 11.1 Å². The summed E-state index contributed by atoms with van der Waals surface area (Å²) < 4.78 is 0. The van der Waals surface area contributed by atoms with Crippen LogP contribution >= 0.6 is 0 Å². The number of rotatable bonds is 3. The van der Waals surface area contributed by atoms with Crippen LogP contribution in [0.5, 0.6) is 0 Å². The normalized spacial score (nSPS) is 18.1. The zero-order valence-corrected chi connectivity index (χ0v) is 10.8. The molecule has 1 fully saturated rings. The molecule has 1 aliphatic rings. The second kappa shape index (κ2) is 5.85. The molecule has 0 saturated heterocycles. The fraction of sp³-hybridized carbons (Fsp3) is 0.533. The molecule has 0 bridgehead atoms. The smallest absolute Gasteiger partial charge is 0.106 e. The van der Waals surface area contributed by atoms with E-state index >= 15 is 0 Å². The zero-order valence-electron chi connectivity index (χ0n) is 10.8. The molecule has 1 aromatic carbocycles. The Morgan fingerprint density at radius 3 is 2.35 bits per heavy atom. The van der Waals surface area contributed by atoms with Gasteiger partial charge in [-0.1, -0.05) is 54.2 Å². The second-order valence-corrected chi connectivity index (χ2v) is 4.86. The molecule has 2 heteroatoms. The highest BCUT2D eigenvalue weighted by Crippen LogP contribution is 2.27. The molecule has 1 saturated carbocycles. The van der Waals surface area contributed by atoms with Crippen LogP contribution in [0.4, 0.5) is 0 Å². The molecule has 0 radical (unpaired) electrons. The van der Waals surface area contributed by atoms with Crippen LogP contribution in [-0.4, -0.2) is 12.8 Å². The van der Waals surface area contributed by atoms with Crippen molar-refractivity contribution in [3.63, 3.8) is 0 Å². The highest BCUT2D eigenvalue weighted by Gasteiger charge is 2.21. The average molecular weight is 231 g/mol. The summed E-state index contributed by atoms with van der Waals surface area (Å²) in [4.78, 5) is 5.03. The third-order valence-corrected chi connectivity index (χ3v) is 3.53. The fourth-order valence-electron chi connectivity index (χ4n) is 2.56. The molecular weight excluding hydrogens is 210 g/mol. The summed E-state index contributed by atoms with van der Waals surface area (Å²) in [5.74, 6) is 0.575. The lowest BCUT2D eigenvalue weighted by atomic mass is 9.83. The van der Waals surface area contributed by atoms with Gasteiger partial charge < -0.3 is 4.84 Å². The van der Waals surface area contributed by atoms with Gasteiger partial charge in [-0.25, -0.2) is 0 Å². The Kier molecular flexibility index (Phi) is 4.18. The van der Waals surface area contributed by atoms with Crippen molar-refractivity contribution in [2.45, 2.75) is 39.0 Å². The summed E-state index contributed by atoms with van der Waals surface area (Å²) in [6, 6.07) is 8.59. The van der Waals surface area contributed by atoms with Gasteiger partial charge in [-0.2, -0.15) is 0 Å². The van der Waals surface area contributed by atoms with Crippen molar-refractivity contribution < 1.29 is 4.84 Å². The maximum absolute atomic E-state index is 5.03. The van der Waals surface area contributed by atoms with Crippen LogP contribution in [0.3, 0.4) is 0 Å². The summed E-state index contributed by atoms with van der Waals surface area (Å²) >= 11 is 0. The number of nitrogens with zero attached hydrogens (tertiary/aromatic N) is 1. The number of hydrogen-bond donors (Lipinski definition) is 0. The van der Waals surface area contributed by atoms with E-state index in [2.05, 4.69) is 36.3 Å². The molecule has 0 N–H and O–H groups in total. The van der Waals surface area contributed by atoms with E-state index in [-0.39, 0.29) is 0 Å². The summed E-state index contributed by atoms with van der Waals surface area (Å²) in [6.07, 6.45) is 6.50. The third kappa shape index (κ3) is 3.09. The maximum Gasteiger partial charge on any atom is 0.106 e. The molecule has 0 aromatic heterocycles. The lowest BCUT2D eigenvalue weighted by Gasteiger charge is -2.23. The van der Waals surface area contributed by atoms with Crippen LogP contribution in [0, 0.1) is 12.8 Å². The number of hydrogen-bond acceptors (Lipinski definition) is 2. The van der Waals surface area contributed by atoms with E-state index in [0.29, 0.717) is 5.92 Å². The molecule has 0 heterocycles. The van der Waals surface area contributed by atoms with Crippen LogP contribution in [0.2, 0.25) is 0 Å². The summed E-state index contributed by atoms with van der Waals surface area (Å²) in [5.41, 5.74) is 3.63. The molecular formula is C15H21NO. The molecule has 0 amide bonds. The zero-order chi connectivity index (χ0) is 12.1. The first-order valence-electron chi connectivity index (χ1n) is 6.49. The third-order valence-electron chi connectivity index (χ3n) is 3.53. The lowest BCUT2D eigenvalue weighted by Crippen LogP contribution is -2.19. The van der Waals surface area contributed by atoms with Gasteiger partial charge in [0.15, 0.2) is 0 Å². The van der Waals surface area contributed by atoms with E-state index in [1.54, 1.807) is 7.11 Å². The highest BCUT2D eigenvalue weighted by atomic mass is 16.6. The maximum atomic E-state index is 5.03. The standard InChI is InChI=1S/C15H21NO/c1-12-8-10-14(11-9-12)15(16-17-2)13-6-4-3-5-7-13/h8-11,13H,3-7H2,1-2H3/b16-15-. The highest BCUT2D eigenvalue weighted by molar-refractivity contribution is 6.02. The first-order chi connectivity index (χ1) is 8.31. The van der Waals surface area contributed by atoms with Gasteiger partial charge in [-0.05, 0) is 25.3 Å². The first kappa shape index (κ1) is 12.2. The number of oxime groups is 1. The van der Waals surface area contributed by atoms with Crippen LogP contribution in [-0.2, 0) is 4.84 Å². The Morgan fingerprint density at radius 2 is 1.76 bits per heavy atom. The van der Waals surface area contributed by atoms with E-state index < -0.39 is 0 Å². The van der Waals surface area contributed by atoms with Crippen LogP contribution in [0.25, 0.3) is 0 Å². The van der Waals surface area contributed by atoms with E-state index in [1.807, 2.05) is 0 Å². The molecule has 0 spiro atoms. The first-order valence-corrected chi connectivity index (χ1v) is 6.49. The molecule has 0 unspecified atom stereocenters.